The Kier molecular flexibility index (Phi) is 7.13. The van der Waals surface area contributed by atoms with Crippen LogP contribution < -0.4 is 5.73 Å². The topological polar surface area (TPSA) is 88.6 Å². The van der Waals surface area contributed by atoms with Crippen LogP contribution in [0.15, 0.2) is 54.6 Å². The van der Waals surface area contributed by atoms with Crippen LogP contribution in [0.1, 0.15) is 80.9 Å². The SMILES string of the molecule is CC(C)(C)[C@@H](C(=O)N1C[C@@H]2C[C@H]1CN2C(=O)C1CCC(c2ccc(Cl)cc2)CC1)n1c(C(N)=O)cc2ccccc21. The molecule has 8 heteroatoms. The van der Waals surface area contributed by atoms with Crippen LogP contribution in [0, 0.1) is 11.3 Å². The highest BCUT2D eigenvalue weighted by Crippen LogP contribution is 2.42. The van der Waals surface area contributed by atoms with Gasteiger partial charge in [-0.3, -0.25) is 14.4 Å². The van der Waals surface area contributed by atoms with Gasteiger partial charge in [-0.05, 0) is 73.3 Å². The first-order valence-electron chi connectivity index (χ1n) is 14.8. The molecule has 3 amide bonds. The molecule has 3 aromatic rings. The average molecular weight is 575 g/mol. The number of amides is 3. The molecule has 41 heavy (non-hydrogen) atoms. The highest BCUT2D eigenvalue weighted by atomic mass is 35.5. The van der Waals surface area contributed by atoms with Crippen LogP contribution >= 0.6 is 11.6 Å². The number of nitrogens with zero attached hydrogens (tertiary/aromatic N) is 3. The number of carbonyl (C=O) groups is 3. The Labute approximate surface area is 246 Å². The molecule has 1 aliphatic carbocycles. The lowest BCUT2D eigenvalue weighted by molar-refractivity contribution is -0.146. The van der Waals surface area contributed by atoms with E-state index in [1.807, 2.05) is 71.5 Å². The number of rotatable bonds is 5. The number of primary amides is 1. The van der Waals surface area contributed by atoms with Gasteiger partial charge in [0.1, 0.15) is 11.7 Å². The lowest BCUT2D eigenvalue weighted by Crippen LogP contribution is -2.54. The maximum atomic E-state index is 14.3. The van der Waals surface area contributed by atoms with Crippen molar-refractivity contribution in [3.05, 3.63) is 70.9 Å². The van der Waals surface area contributed by atoms with E-state index in [9.17, 15) is 14.4 Å². The van der Waals surface area contributed by atoms with Gasteiger partial charge < -0.3 is 20.1 Å². The molecule has 3 heterocycles. The van der Waals surface area contributed by atoms with Crippen molar-refractivity contribution in [1.82, 2.24) is 14.4 Å². The summed E-state index contributed by atoms with van der Waals surface area (Å²) in [7, 11) is 0. The van der Waals surface area contributed by atoms with Crippen molar-refractivity contribution in [2.75, 3.05) is 13.1 Å². The molecule has 216 valence electrons. The first-order valence-corrected chi connectivity index (χ1v) is 15.2. The van der Waals surface area contributed by atoms with E-state index in [0.717, 1.165) is 48.0 Å². The van der Waals surface area contributed by atoms with E-state index in [-0.39, 0.29) is 29.8 Å². The highest BCUT2D eigenvalue weighted by Gasteiger charge is 2.51. The minimum absolute atomic E-state index is 0.00874. The third-order valence-electron chi connectivity index (χ3n) is 9.54. The quantitative estimate of drug-likeness (QED) is 0.420. The van der Waals surface area contributed by atoms with Gasteiger partial charge in [0.25, 0.3) is 5.91 Å². The fourth-order valence-electron chi connectivity index (χ4n) is 7.52. The maximum absolute atomic E-state index is 14.3. The van der Waals surface area contributed by atoms with Gasteiger partial charge in [0.2, 0.25) is 11.8 Å². The van der Waals surface area contributed by atoms with E-state index in [0.29, 0.717) is 24.7 Å². The monoisotopic (exact) mass is 574 g/mol. The van der Waals surface area contributed by atoms with Crippen LogP contribution in [-0.4, -0.2) is 57.3 Å². The number of para-hydroxylation sites is 1. The van der Waals surface area contributed by atoms with Crippen LogP contribution in [0.3, 0.4) is 0 Å². The van der Waals surface area contributed by atoms with Crippen molar-refractivity contribution in [3.63, 3.8) is 0 Å². The summed E-state index contributed by atoms with van der Waals surface area (Å²) >= 11 is 6.06. The number of fused-ring (bicyclic) bond motifs is 3. The number of carbonyl (C=O) groups excluding carboxylic acids is 3. The third-order valence-corrected chi connectivity index (χ3v) is 9.79. The number of piperazine rings is 1. The van der Waals surface area contributed by atoms with Crippen molar-refractivity contribution in [3.8, 4) is 0 Å². The van der Waals surface area contributed by atoms with Crippen LogP contribution in [0.5, 0.6) is 0 Å². The van der Waals surface area contributed by atoms with E-state index < -0.39 is 17.4 Å². The van der Waals surface area contributed by atoms with Gasteiger partial charge in [0, 0.05) is 34.9 Å². The van der Waals surface area contributed by atoms with Gasteiger partial charge in [0.05, 0.1) is 12.1 Å². The normalized spacial score (nSPS) is 25.1. The molecule has 3 aliphatic rings. The molecule has 7 nitrogen and oxygen atoms in total. The molecule has 2 N–H and O–H groups in total. The molecule has 6 rings (SSSR count). The molecule has 2 aliphatic heterocycles. The lowest BCUT2D eigenvalue weighted by Gasteiger charge is -2.41. The second kappa shape index (κ2) is 10.5. The van der Waals surface area contributed by atoms with Crippen LogP contribution in [0.4, 0.5) is 0 Å². The Bertz CT molecular complexity index is 1480. The first-order chi connectivity index (χ1) is 19.5. The summed E-state index contributed by atoms with van der Waals surface area (Å²) in [4.78, 5) is 44.5. The molecule has 2 bridgehead atoms. The van der Waals surface area contributed by atoms with Crippen molar-refractivity contribution in [2.24, 2.45) is 17.1 Å². The zero-order valence-electron chi connectivity index (χ0n) is 24.1. The summed E-state index contributed by atoms with van der Waals surface area (Å²) in [5.74, 6) is 0.217. The van der Waals surface area contributed by atoms with E-state index >= 15 is 0 Å². The number of likely N-dealkylation sites (tertiary alicyclic amines) is 2. The Morgan fingerprint density at radius 2 is 1.54 bits per heavy atom. The van der Waals surface area contributed by atoms with Crippen LogP contribution in [0.2, 0.25) is 5.02 Å². The van der Waals surface area contributed by atoms with Gasteiger partial charge in [-0.2, -0.15) is 0 Å². The van der Waals surface area contributed by atoms with E-state index in [1.54, 1.807) is 6.07 Å². The number of hydrogen-bond donors (Lipinski definition) is 1. The third kappa shape index (κ3) is 5.03. The summed E-state index contributed by atoms with van der Waals surface area (Å²) < 4.78 is 1.84. The van der Waals surface area contributed by atoms with E-state index in [4.69, 9.17) is 17.3 Å². The molecule has 3 atom stereocenters. The summed E-state index contributed by atoms with van der Waals surface area (Å²) in [6.07, 6.45) is 4.61. The molecule has 2 saturated heterocycles. The Hall–Kier alpha value is -3.32. The highest BCUT2D eigenvalue weighted by molar-refractivity contribution is 6.30. The molecule has 0 unspecified atom stereocenters. The van der Waals surface area contributed by atoms with Crippen LogP contribution in [0.25, 0.3) is 10.9 Å². The minimum Gasteiger partial charge on any atom is -0.364 e. The largest absolute Gasteiger partial charge is 0.364 e. The molecule has 3 fully saturated rings. The fraction of sp³-hybridized carbons (Fsp3) is 0.485. The summed E-state index contributed by atoms with van der Waals surface area (Å²) in [5, 5.41) is 1.63. The van der Waals surface area contributed by atoms with Gasteiger partial charge in [-0.15, -0.1) is 0 Å². The summed E-state index contributed by atoms with van der Waals surface area (Å²) in [5.41, 5.74) is 7.81. The predicted molar refractivity (Wildman–Crippen MR) is 161 cm³/mol. The van der Waals surface area contributed by atoms with Gasteiger partial charge in [-0.25, -0.2) is 0 Å². The molecular weight excluding hydrogens is 536 g/mol. The predicted octanol–water partition coefficient (Wildman–Crippen LogP) is 5.77. The molecule has 2 aromatic carbocycles. The van der Waals surface area contributed by atoms with Crippen molar-refractivity contribution < 1.29 is 14.4 Å². The van der Waals surface area contributed by atoms with Gasteiger partial charge in [0.15, 0.2) is 0 Å². The standard InChI is InChI=1S/C33H39ClN4O3/c1-33(2,3)29(38-27-7-5-4-6-23(27)16-28(38)30(35)39)32(41)37-19-25-17-26(37)18-36(25)31(40)22-10-8-20(9-11-22)21-12-14-24(34)15-13-21/h4-7,12-16,20,22,25-26,29H,8-11,17-19H2,1-3H3,(H2,35,39)/t20?,22?,25-,26-,29+/m0/s1. The maximum Gasteiger partial charge on any atom is 0.265 e. The Balaban J connectivity index is 1.16. The summed E-state index contributed by atoms with van der Waals surface area (Å²) in [6, 6.07) is 17.0. The molecular formula is C33H39ClN4O3. The number of halogens is 1. The van der Waals surface area contributed by atoms with E-state index in [1.165, 1.54) is 5.56 Å². The number of benzene rings is 2. The molecule has 0 spiro atoms. The van der Waals surface area contributed by atoms with Gasteiger partial charge >= 0.3 is 0 Å². The second-order valence-corrected chi connectivity index (χ2v) is 13.7. The smallest absolute Gasteiger partial charge is 0.265 e. The zero-order valence-corrected chi connectivity index (χ0v) is 24.8. The number of hydrogen-bond acceptors (Lipinski definition) is 3. The van der Waals surface area contributed by atoms with E-state index in [2.05, 4.69) is 12.1 Å². The Morgan fingerprint density at radius 3 is 2.15 bits per heavy atom. The van der Waals surface area contributed by atoms with Gasteiger partial charge in [-0.1, -0.05) is 62.7 Å². The number of nitrogens with two attached hydrogens (primary N) is 1. The van der Waals surface area contributed by atoms with Crippen molar-refractivity contribution in [2.45, 2.75) is 76.9 Å². The van der Waals surface area contributed by atoms with Crippen molar-refractivity contribution in [1.29, 1.82) is 0 Å². The second-order valence-electron chi connectivity index (χ2n) is 13.2. The Morgan fingerprint density at radius 1 is 0.902 bits per heavy atom. The fourth-order valence-corrected chi connectivity index (χ4v) is 7.64. The zero-order chi connectivity index (χ0) is 29.1. The minimum atomic E-state index is -0.600. The van der Waals surface area contributed by atoms with Crippen LogP contribution in [-0.2, 0) is 9.59 Å². The molecule has 1 aromatic heterocycles. The first kappa shape index (κ1) is 27.8. The average Bonchev–Trinajstić information content (AvgIpc) is 3.66. The molecule has 1 saturated carbocycles. The number of aromatic nitrogens is 1. The summed E-state index contributed by atoms with van der Waals surface area (Å²) in [6.45, 7) is 7.20. The lowest BCUT2D eigenvalue weighted by atomic mass is 9.78. The van der Waals surface area contributed by atoms with Crippen molar-refractivity contribution >= 4 is 40.2 Å². The molecule has 0 radical (unpaired) electrons.